The first kappa shape index (κ1) is 13.7. The molecule has 0 bridgehead atoms. The summed E-state index contributed by atoms with van der Waals surface area (Å²) in [5.74, 6) is -0.316. The Morgan fingerprint density at radius 2 is 2.21 bits per heavy atom. The van der Waals surface area contributed by atoms with Crippen LogP contribution in [0.25, 0.3) is 0 Å². The highest BCUT2D eigenvalue weighted by atomic mass is 32.2. The third-order valence-corrected chi connectivity index (χ3v) is 4.16. The van der Waals surface area contributed by atoms with Crippen molar-refractivity contribution in [3.8, 4) is 0 Å². The lowest BCUT2D eigenvalue weighted by Crippen LogP contribution is -2.14. The molecule has 1 aromatic heterocycles. The summed E-state index contributed by atoms with van der Waals surface area (Å²) in [6, 6.07) is 5.25. The molecule has 2 aromatic rings. The van der Waals surface area contributed by atoms with Gasteiger partial charge in [-0.3, -0.25) is 14.3 Å². The van der Waals surface area contributed by atoms with Gasteiger partial charge in [0.15, 0.2) is 5.13 Å². The number of nitrogens with zero attached hydrogens (tertiary/aromatic N) is 1. The van der Waals surface area contributed by atoms with E-state index in [1.807, 2.05) is 13.0 Å². The highest BCUT2D eigenvalue weighted by Gasteiger charge is 2.13. The Morgan fingerprint density at radius 1 is 1.47 bits per heavy atom. The summed E-state index contributed by atoms with van der Waals surface area (Å²) >= 11 is 1.23. The Hall–Kier alpha value is -1.73. The van der Waals surface area contributed by atoms with E-state index in [1.165, 1.54) is 11.3 Å². The first-order valence-corrected chi connectivity index (χ1v) is 7.87. The topological polar surface area (TPSA) is 85.1 Å². The number of anilines is 2. The van der Waals surface area contributed by atoms with Crippen molar-refractivity contribution in [3.63, 3.8) is 0 Å². The van der Waals surface area contributed by atoms with Crippen molar-refractivity contribution in [2.45, 2.75) is 11.9 Å². The molecule has 1 atom stereocenters. The van der Waals surface area contributed by atoms with Gasteiger partial charge in [-0.2, -0.15) is 0 Å². The van der Waals surface area contributed by atoms with Gasteiger partial charge >= 0.3 is 0 Å². The first-order chi connectivity index (χ1) is 8.97. The number of aromatic nitrogens is 1. The van der Waals surface area contributed by atoms with E-state index in [1.54, 1.807) is 23.8 Å². The van der Waals surface area contributed by atoms with E-state index in [9.17, 15) is 9.00 Å². The highest BCUT2D eigenvalue weighted by Crippen LogP contribution is 2.20. The Kier molecular flexibility index (Phi) is 3.96. The predicted molar refractivity (Wildman–Crippen MR) is 78.0 cm³/mol. The Morgan fingerprint density at radius 3 is 2.84 bits per heavy atom. The maximum Gasteiger partial charge on any atom is 0.259 e. The number of hydrogen-bond donors (Lipinski definition) is 2. The van der Waals surface area contributed by atoms with Crippen molar-refractivity contribution in [2.75, 3.05) is 17.3 Å². The molecular formula is C12H13N3O2S2. The second kappa shape index (κ2) is 5.50. The van der Waals surface area contributed by atoms with E-state index in [2.05, 4.69) is 10.3 Å². The van der Waals surface area contributed by atoms with Gasteiger partial charge in [0.25, 0.3) is 5.91 Å². The van der Waals surface area contributed by atoms with Crippen molar-refractivity contribution in [1.82, 2.24) is 4.98 Å². The lowest BCUT2D eigenvalue weighted by molar-refractivity contribution is 0.102. The monoisotopic (exact) mass is 295 g/mol. The zero-order valence-electron chi connectivity index (χ0n) is 10.5. The molecule has 0 aliphatic rings. The van der Waals surface area contributed by atoms with E-state index in [4.69, 9.17) is 5.73 Å². The third kappa shape index (κ3) is 3.18. The van der Waals surface area contributed by atoms with Gasteiger partial charge in [-0.1, -0.05) is 11.6 Å². The van der Waals surface area contributed by atoms with Gasteiger partial charge in [0.2, 0.25) is 0 Å². The van der Waals surface area contributed by atoms with Crippen LogP contribution in [-0.4, -0.2) is 21.4 Å². The van der Waals surface area contributed by atoms with Gasteiger partial charge in [-0.05, 0) is 19.1 Å². The van der Waals surface area contributed by atoms with Gasteiger partial charge in [-0.15, -0.1) is 11.3 Å². The molecule has 0 aliphatic carbocycles. The molecule has 5 nitrogen and oxygen atoms in total. The van der Waals surface area contributed by atoms with Crippen molar-refractivity contribution in [3.05, 3.63) is 34.7 Å². The molecule has 0 saturated heterocycles. The highest BCUT2D eigenvalue weighted by molar-refractivity contribution is 7.84. The summed E-state index contributed by atoms with van der Waals surface area (Å²) in [4.78, 5) is 16.1. The molecular weight excluding hydrogens is 282 g/mol. The summed E-state index contributed by atoms with van der Waals surface area (Å²) in [5, 5.41) is 5.18. The molecule has 1 heterocycles. The van der Waals surface area contributed by atoms with Crippen LogP contribution >= 0.6 is 11.3 Å². The fraction of sp³-hybridized carbons (Fsp3) is 0.167. The van der Waals surface area contributed by atoms with Crippen LogP contribution in [0.3, 0.4) is 0 Å². The number of hydrogen-bond acceptors (Lipinski definition) is 5. The molecule has 0 fully saturated rings. The van der Waals surface area contributed by atoms with Gasteiger partial charge < -0.3 is 5.73 Å². The van der Waals surface area contributed by atoms with Gasteiger partial charge in [-0.25, -0.2) is 4.98 Å². The number of carbonyl (C=O) groups excluding carboxylic acids is 1. The van der Waals surface area contributed by atoms with Crippen LogP contribution in [0.1, 0.15) is 15.9 Å². The van der Waals surface area contributed by atoms with E-state index < -0.39 is 10.8 Å². The largest absolute Gasteiger partial charge is 0.398 e. The predicted octanol–water partition coefficient (Wildman–Crippen LogP) is 2.02. The zero-order chi connectivity index (χ0) is 14.0. The maximum atomic E-state index is 12.1. The average molecular weight is 295 g/mol. The van der Waals surface area contributed by atoms with Crippen LogP contribution in [0.2, 0.25) is 0 Å². The molecule has 3 N–H and O–H groups in total. The van der Waals surface area contributed by atoms with Crippen molar-refractivity contribution < 1.29 is 9.00 Å². The van der Waals surface area contributed by atoms with Crippen LogP contribution in [-0.2, 0) is 10.8 Å². The number of thiazole rings is 1. The molecule has 100 valence electrons. The van der Waals surface area contributed by atoms with Crippen molar-refractivity contribution in [1.29, 1.82) is 0 Å². The number of rotatable bonds is 3. The van der Waals surface area contributed by atoms with Gasteiger partial charge in [0, 0.05) is 17.3 Å². The molecule has 0 aliphatic heterocycles. The van der Waals surface area contributed by atoms with E-state index in [0.717, 1.165) is 5.56 Å². The quantitative estimate of drug-likeness (QED) is 0.848. The molecule has 7 heteroatoms. The third-order valence-electron chi connectivity index (χ3n) is 2.45. The summed E-state index contributed by atoms with van der Waals surface area (Å²) in [6.45, 7) is 1.89. The molecule has 1 aromatic carbocycles. The molecule has 1 unspecified atom stereocenters. The average Bonchev–Trinajstić information content (AvgIpc) is 2.80. The second-order valence-electron chi connectivity index (χ2n) is 3.99. The fourth-order valence-corrected chi connectivity index (χ4v) is 3.01. The lowest BCUT2D eigenvalue weighted by atomic mass is 10.1. The number of carbonyl (C=O) groups is 1. The number of nitrogens with two attached hydrogens (primary N) is 1. The van der Waals surface area contributed by atoms with Gasteiger partial charge in [0.1, 0.15) is 5.03 Å². The van der Waals surface area contributed by atoms with Crippen molar-refractivity contribution in [2.24, 2.45) is 0 Å². The van der Waals surface area contributed by atoms with E-state index in [-0.39, 0.29) is 5.91 Å². The van der Waals surface area contributed by atoms with Crippen LogP contribution in [0.15, 0.2) is 28.6 Å². The maximum absolute atomic E-state index is 12.1. The SMILES string of the molecule is Cc1ccc(N)c(C(=O)Nc2nc(S(C)=O)cs2)c1. The number of nitrogen functional groups attached to an aromatic ring is 1. The first-order valence-electron chi connectivity index (χ1n) is 5.44. The van der Waals surface area contributed by atoms with Crippen LogP contribution < -0.4 is 11.1 Å². The fourth-order valence-electron chi connectivity index (χ4n) is 1.48. The van der Waals surface area contributed by atoms with Crippen LogP contribution in [0.5, 0.6) is 0 Å². The number of nitrogens with one attached hydrogen (secondary N) is 1. The minimum absolute atomic E-state index is 0.316. The lowest BCUT2D eigenvalue weighted by Gasteiger charge is -2.06. The Bertz CT molecular complexity index is 652. The normalized spacial score (nSPS) is 12.1. The minimum atomic E-state index is -1.15. The minimum Gasteiger partial charge on any atom is -0.398 e. The summed E-state index contributed by atoms with van der Waals surface area (Å²) in [6.07, 6.45) is 1.54. The summed E-state index contributed by atoms with van der Waals surface area (Å²) in [7, 11) is -1.15. The number of benzene rings is 1. The summed E-state index contributed by atoms with van der Waals surface area (Å²) in [5.41, 5.74) is 7.55. The number of amides is 1. The molecule has 0 saturated carbocycles. The Labute approximate surface area is 117 Å². The molecule has 0 radical (unpaired) electrons. The van der Waals surface area contributed by atoms with Gasteiger partial charge in [0.05, 0.1) is 16.4 Å². The van der Waals surface area contributed by atoms with E-state index in [0.29, 0.717) is 21.4 Å². The van der Waals surface area contributed by atoms with E-state index >= 15 is 0 Å². The van der Waals surface area contributed by atoms with Crippen molar-refractivity contribution >= 4 is 38.9 Å². The zero-order valence-corrected chi connectivity index (χ0v) is 12.1. The van der Waals surface area contributed by atoms with Crippen LogP contribution in [0, 0.1) is 6.92 Å². The number of aryl methyl sites for hydroxylation is 1. The molecule has 1 amide bonds. The Balaban J connectivity index is 2.20. The molecule has 2 rings (SSSR count). The molecule has 19 heavy (non-hydrogen) atoms. The second-order valence-corrected chi connectivity index (χ2v) is 6.17. The van der Waals surface area contributed by atoms with Crippen LogP contribution in [0.4, 0.5) is 10.8 Å². The summed E-state index contributed by atoms with van der Waals surface area (Å²) < 4.78 is 11.2. The standard InChI is InChI=1S/C12H13N3O2S2/c1-7-3-4-9(13)8(5-7)11(16)15-12-14-10(6-18-12)19(2)17/h3-6H,13H2,1-2H3,(H,14,15,16). The smallest absolute Gasteiger partial charge is 0.259 e. The molecule has 0 spiro atoms.